The lowest BCUT2D eigenvalue weighted by atomic mass is 10.1. The Morgan fingerprint density at radius 1 is 1.26 bits per heavy atom. The fraction of sp³-hybridized carbons (Fsp3) is 0.375. The number of hydrogen-bond donors (Lipinski definition) is 1. The van der Waals surface area contributed by atoms with Crippen LogP contribution in [0.25, 0.3) is 0 Å². The molecule has 1 saturated carbocycles. The Morgan fingerprint density at radius 3 is 2.53 bits per heavy atom. The van der Waals surface area contributed by atoms with Gasteiger partial charge in [-0.05, 0) is 48.9 Å². The van der Waals surface area contributed by atoms with E-state index < -0.39 is 0 Å². The van der Waals surface area contributed by atoms with Crippen LogP contribution in [-0.2, 0) is 6.54 Å². The zero-order valence-electron chi connectivity index (χ0n) is 11.3. The molecule has 0 amide bonds. The normalized spacial score (nSPS) is 16.3. The smallest absolute Gasteiger partial charge is 0.0525 e. The van der Waals surface area contributed by atoms with Gasteiger partial charge in [0.05, 0.1) is 6.54 Å². The second-order valence-corrected chi connectivity index (χ2v) is 6.35. The van der Waals surface area contributed by atoms with E-state index in [2.05, 4.69) is 46.7 Å². The summed E-state index contributed by atoms with van der Waals surface area (Å²) in [6.07, 6.45) is 2.64. The van der Waals surface area contributed by atoms with Crippen molar-refractivity contribution < 1.29 is 0 Å². The van der Waals surface area contributed by atoms with Gasteiger partial charge in [-0.25, -0.2) is 0 Å². The van der Waals surface area contributed by atoms with E-state index in [0.717, 1.165) is 12.6 Å². The number of nitrogens with zero attached hydrogens (tertiary/aromatic N) is 1. The van der Waals surface area contributed by atoms with Crippen LogP contribution in [0.5, 0.6) is 0 Å². The van der Waals surface area contributed by atoms with Gasteiger partial charge in [0.25, 0.3) is 0 Å². The lowest BCUT2D eigenvalue weighted by Gasteiger charge is -2.24. The Morgan fingerprint density at radius 2 is 2.00 bits per heavy atom. The number of benzene rings is 1. The molecule has 1 aromatic carbocycles. The van der Waals surface area contributed by atoms with E-state index in [4.69, 9.17) is 5.73 Å². The summed E-state index contributed by atoms with van der Waals surface area (Å²) in [5, 5.41) is 2.15. The quantitative estimate of drug-likeness (QED) is 0.893. The molecule has 0 bridgehead atoms. The highest BCUT2D eigenvalue weighted by Gasteiger charge is 2.29. The van der Waals surface area contributed by atoms with Crippen LogP contribution in [0.2, 0.25) is 0 Å². The predicted molar refractivity (Wildman–Crippen MR) is 82.6 cm³/mol. The third-order valence-corrected chi connectivity index (χ3v) is 4.51. The van der Waals surface area contributed by atoms with Gasteiger partial charge in [0.2, 0.25) is 0 Å². The van der Waals surface area contributed by atoms with Gasteiger partial charge in [0.1, 0.15) is 0 Å². The van der Waals surface area contributed by atoms with Crippen molar-refractivity contribution in [3.63, 3.8) is 0 Å². The summed E-state index contributed by atoms with van der Waals surface area (Å²) < 4.78 is 0. The van der Waals surface area contributed by atoms with Crippen LogP contribution in [-0.4, -0.2) is 6.04 Å². The molecule has 2 aromatic rings. The van der Waals surface area contributed by atoms with Crippen molar-refractivity contribution in [2.24, 2.45) is 5.73 Å². The maximum Gasteiger partial charge on any atom is 0.0525 e. The van der Waals surface area contributed by atoms with Crippen molar-refractivity contribution in [3.05, 3.63) is 52.2 Å². The third kappa shape index (κ3) is 2.99. The third-order valence-electron chi connectivity index (χ3n) is 3.64. The molecule has 3 heteroatoms. The minimum absolute atomic E-state index is 0.112. The number of rotatable bonds is 5. The SMILES string of the molecule is C[C@@H](N)c1ccc(N(Cc2cccs2)C2CC2)cc1. The lowest BCUT2D eigenvalue weighted by molar-refractivity contribution is 0.796. The van der Waals surface area contributed by atoms with Gasteiger partial charge in [-0.1, -0.05) is 18.2 Å². The largest absolute Gasteiger partial charge is 0.363 e. The van der Waals surface area contributed by atoms with Crippen LogP contribution in [0.4, 0.5) is 5.69 Å². The average Bonchev–Trinajstić information content (AvgIpc) is 3.13. The van der Waals surface area contributed by atoms with Crippen molar-refractivity contribution in [2.75, 3.05) is 4.90 Å². The summed E-state index contributed by atoms with van der Waals surface area (Å²) in [7, 11) is 0. The summed E-state index contributed by atoms with van der Waals surface area (Å²) >= 11 is 1.84. The summed E-state index contributed by atoms with van der Waals surface area (Å²) in [6, 6.07) is 13.9. The van der Waals surface area contributed by atoms with Crippen molar-refractivity contribution in [1.82, 2.24) is 0 Å². The second kappa shape index (κ2) is 5.35. The minimum Gasteiger partial charge on any atom is -0.363 e. The first-order valence-corrected chi connectivity index (χ1v) is 7.76. The molecule has 0 spiro atoms. The maximum absolute atomic E-state index is 5.91. The monoisotopic (exact) mass is 272 g/mol. The molecule has 0 aliphatic heterocycles. The highest BCUT2D eigenvalue weighted by molar-refractivity contribution is 7.09. The molecule has 1 atom stereocenters. The van der Waals surface area contributed by atoms with E-state index in [9.17, 15) is 0 Å². The molecular formula is C16H20N2S. The summed E-state index contributed by atoms with van der Waals surface area (Å²) in [5.41, 5.74) is 8.43. The Balaban J connectivity index is 1.79. The van der Waals surface area contributed by atoms with Crippen molar-refractivity contribution >= 4 is 17.0 Å². The molecule has 1 aliphatic carbocycles. The Kier molecular flexibility index (Phi) is 3.58. The molecular weight excluding hydrogens is 252 g/mol. The number of anilines is 1. The van der Waals surface area contributed by atoms with Gasteiger partial charge in [-0.15, -0.1) is 11.3 Å². The molecule has 2 nitrogen and oxygen atoms in total. The number of thiophene rings is 1. The first kappa shape index (κ1) is 12.7. The maximum atomic E-state index is 5.91. The van der Waals surface area contributed by atoms with E-state index in [1.54, 1.807) is 0 Å². The van der Waals surface area contributed by atoms with E-state index >= 15 is 0 Å². The lowest BCUT2D eigenvalue weighted by Crippen LogP contribution is -2.24. The molecule has 1 aliphatic rings. The van der Waals surface area contributed by atoms with Crippen LogP contribution < -0.4 is 10.6 Å². The highest BCUT2D eigenvalue weighted by atomic mass is 32.1. The van der Waals surface area contributed by atoms with Crippen LogP contribution >= 0.6 is 11.3 Å². The molecule has 0 radical (unpaired) electrons. The average molecular weight is 272 g/mol. The Hall–Kier alpha value is -1.32. The molecule has 2 N–H and O–H groups in total. The van der Waals surface area contributed by atoms with E-state index in [0.29, 0.717) is 0 Å². The number of hydrogen-bond acceptors (Lipinski definition) is 3. The van der Waals surface area contributed by atoms with E-state index in [1.807, 2.05) is 18.3 Å². The molecule has 19 heavy (non-hydrogen) atoms. The standard InChI is InChI=1S/C16H20N2S/c1-12(17)13-4-6-14(7-5-13)18(15-8-9-15)11-16-3-2-10-19-16/h2-7,10,12,15H,8-9,11,17H2,1H3/t12-/m1/s1. The van der Waals surface area contributed by atoms with E-state index in [-0.39, 0.29) is 6.04 Å². The Labute approximate surface area is 118 Å². The molecule has 1 aromatic heterocycles. The van der Waals surface area contributed by atoms with Gasteiger partial charge in [-0.2, -0.15) is 0 Å². The van der Waals surface area contributed by atoms with Crippen LogP contribution in [0.15, 0.2) is 41.8 Å². The van der Waals surface area contributed by atoms with Crippen LogP contribution in [0.3, 0.4) is 0 Å². The molecule has 100 valence electrons. The van der Waals surface area contributed by atoms with E-state index in [1.165, 1.54) is 29.0 Å². The van der Waals surface area contributed by atoms with Crippen LogP contribution in [0, 0.1) is 0 Å². The zero-order valence-corrected chi connectivity index (χ0v) is 12.1. The van der Waals surface area contributed by atoms with Crippen molar-refractivity contribution in [3.8, 4) is 0 Å². The summed E-state index contributed by atoms with van der Waals surface area (Å²) in [4.78, 5) is 3.96. The summed E-state index contributed by atoms with van der Waals surface area (Å²) in [6.45, 7) is 3.05. The Bertz CT molecular complexity index is 512. The van der Waals surface area contributed by atoms with Gasteiger partial charge < -0.3 is 10.6 Å². The topological polar surface area (TPSA) is 29.3 Å². The zero-order chi connectivity index (χ0) is 13.2. The molecule has 1 heterocycles. The molecule has 3 rings (SSSR count). The van der Waals surface area contributed by atoms with Crippen molar-refractivity contribution in [2.45, 2.75) is 38.4 Å². The molecule has 1 fully saturated rings. The molecule has 0 saturated heterocycles. The van der Waals surface area contributed by atoms with Crippen LogP contribution in [0.1, 0.15) is 36.2 Å². The van der Waals surface area contributed by atoms with Gasteiger partial charge in [-0.3, -0.25) is 0 Å². The second-order valence-electron chi connectivity index (χ2n) is 5.32. The van der Waals surface area contributed by atoms with Gasteiger partial charge in [0, 0.05) is 22.6 Å². The fourth-order valence-electron chi connectivity index (χ4n) is 2.36. The summed E-state index contributed by atoms with van der Waals surface area (Å²) in [5.74, 6) is 0. The van der Waals surface area contributed by atoms with Gasteiger partial charge in [0.15, 0.2) is 0 Å². The highest BCUT2D eigenvalue weighted by Crippen LogP contribution is 2.34. The van der Waals surface area contributed by atoms with Gasteiger partial charge >= 0.3 is 0 Å². The first-order valence-electron chi connectivity index (χ1n) is 6.88. The fourth-order valence-corrected chi connectivity index (χ4v) is 3.06. The number of nitrogens with two attached hydrogens (primary N) is 1. The molecule has 0 unspecified atom stereocenters. The first-order chi connectivity index (χ1) is 9.24. The van der Waals surface area contributed by atoms with Crippen molar-refractivity contribution in [1.29, 1.82) is 0 Å². The predicted octanol–water partition coefficient (Wildman–Crippen LogP) is 3.94. The minimum atomic E-state index is 0.112.